The lowest BCUT2D eigenvalue weighted by Gasteiger charge is -2.24. The molecule has 6 aliphatic rings. The molecule has 10 heteroatoms. The Morgan fingerprint density at radius 3 is 1.82 bits per heavy atom. The summed E-state index contributed by atoms with van der Waals surface area (Å²) in [6.45, 7) is 2.64. The number of pyridine rings is 2. The molecule has 1 aromatic carbocycles. The Morgan fingerprint density at radius 1 is 0.740 bits per heavy atom. The number of H-pyrrole nitrogens is 2. The third-order valence-corrected chi connectivity index (χ3v) is 11.7. The number of aromatic nitrogens is 4. The van der Waals surface area contributed by atoms with Crippen molar-refractivity contribution in [1.82, 2.24) is 30.6 Å². The normalized spacial score (nSPS) is 19.0. The van der Waals surface area contributed by atoms with Crippen LogP contribution in [0.25, 0.3) is 33.8 Å². The number of amides is 2. The zero-order valence-electron chi connectivity index (χ0n) is 27.9. The highest BCUT2D eigenvalue weighted by Crippen LogP contribution is 2.47. The van der Waals surface area contributed by atoms with Crippen LogP contribution in [0.1, 0.15) is 87.0 Å². The topological polar surface area (TPSA) is 125 Å². The lowest BCUT2D eigenvalue weighted by atomic mass is 9.87. The van der Waals surface area contributed by atoms with Crippen LogP contribution in [0.4, 0.5) is 0 Å². The van der Waals surface area contributed by atoms with E-state index in [-0.39, 0.29) is 22.9 Å². The Kier molecular flexibility index (Phi) is 6.48. The molecule has 2 spiro atoms. The van der Waals surface area contributed by atoms with Crippen molar-refractivity contribution in [2.45, 2.75) is 82.2 Å². The number of nitrogens with one attached hydrogen (secondary N) is 4. The SMILES string of the molecule is CCOc1ccc(-c2cc3c(cn2)CCc2c-3[nH]c3c2C(=O)NC2(CC2)C3)cc1.O=C1NC2(CC2)Cc2[nH]c3c(c21)CCc1cnc(Cl)cc1-3. The van der Waals surface area contributed by atoms with Crippen molar-refractivity contribution >= 4 is 23.4 Å². The van der Waals surface area contributed by atoms with Gasteiger partial charge in [-0.05, 0) is 117 Å². The summed E-state index contributed by atoms with van der Waals surface area (Å²) in [7, 11) is 0. The highest BCUT2D eigenvalue weighted by molar-refractivity contribution is 6.29. The van der Waals surface area contributed by atoms with Gasteiger partial charge in [-0.3, -0.25) is 14.6 Å². The minimum absolute atomic E-state index is 0.0199. The fourth-order valence-electron chi connectivity index (χ4n) is 8.61. The minimum atomic E-state index is 0.0199. The number of nitrogens with zero attached hydrogens (tertiary/aromatic N) is 2. The summed E-state index contributed by atoms with van der Waals surface area (Å²) >= 11 is 6.05. The molecule has 0 atom stereocenters. The number of carbonyl (C=O) groups excluding carboxylic acids is 2. The second kappa shape index (κ2) is 10.8. The highest BCUT2D eigenvalue weighted by atomic mass is 35.5. The monoisotopic (exact) mass is 684 g/mol. The number of ether oxygens (including phenoxy) is 1. The number of aryl methyl sites for hydroxylation is 2. The average molecular weight is 685 g/mol. The first kappa shape index (κ1) is 30.0. The maximum absolute atomic E-state index is 12.8. The molecule has 5 aromatic rings. The largest absolute Gasteiger partial charge is 0.494 e. The van der Waals surface area contributed by atoms with E-state index in [0.717, 1.165) is 126 Å². The molecular weight excluding hydrogens is 648 g/mol. The van der Waals surface area contributed by atoms with Crippen LogP contribution in [-0.2, 0) is 38.5 Å². The molecule has 4 aromatic heterocycles. The molecule has 2 saturated carbocycles. The third kappa shape index (κ3) is 4.81. The Bertz CT molecular complexity index is 2260. The Labute approximate surface area is 294 Å². The fourth-order valence-corrected chi connectivity index (χ4v) is 8.77. The van der Waals surface area contributed by atoms with Crippen molar-refractivity contribution in [2.75, 3.05) is 6.61 Å². The van der Waals surface area contributed by atoms with E-state index in [1.807, 2.05) is 49.6 Å². The van der Waals surface area contributed by atoms with Gasteiger partial charge in [0, 0.05) is 64.4 Å². The molecule has 252 valence electrons. The van der Waals surface area contributed by atoms with E-state index in [4.69, 9.17) is 21.3 Å². The van der Waals surface area contributed by atoms with E-state index in [1.165, 1.54) is 22.3 Å². The van der Waals surface area contributed by atoms with Crippen molar-refractivity contribution in [3.63, 3.8) is 0 Å². The number of hydrogen-bond acceptors (Lipinski definition) is 5. The number of benzene rings is 1. The van der Waals surface area contributed by atoms with Gasteiger partial charge in [0.25, 0.3) is 11.8 Å². The summed E-state index contributed by atoms with van der Waals surface area (Å²) in [5, 5.41) is 6.95. The van der Waals surface area contributed by atoms with Gasteiger partial charge in [-0.15, -0.1) is 0 Å². The van der Waals surface area contributed by atoms with Crippen LogP contribution in [-0.4, -0.2) is 49.4 Å². The highest BCUT2D eigenvalue weighted by Gasteiger charge is 2.50. The Hall–Kier alpha value is -4.89. The molecule has 2 fully saturated rings. The Morgan fingerprint density at radius 2 is 1.28 bits per heavy atom. The van der Waals surface area contributed by atoms with Crippen LogP contribution in [0.5, 0.6) is 5.75 Å². The summed E-state index contributed by atoms with van der Waals surface area (Å²) < 4.78 is 5.55. The van der Waals surface area contributed by atoms with Gasteiger partial charge in [-0.2, -0.15) is 0 Å². The first-order valence-electron chi connectivity index (χ1n) is 17.8. The third-order valence-electron chi connectivity index (χ3n) is 11.5. The molecule has 0 bridgehead atoms. The smallest absolute Gasteiger partial charge is 0.253 e. The molecule has 4 aliphatic carbocycles. The minimum Gasteiger partial charge on any atom is -0.494 e. The maximum atomic E-state index is 12.8. The standard InChI is InChI=1S/C24H23N3O2.C16H14ClN3O/c1-2-29-16-6-3-14(4-7-16)19-11-18-15(13-25-19)5-8-17-21-20(26-22(17)18)12-24(9-10-24)27-23(21)28;17-12-5-10-8(7-18-12)1-2-9-13-11(19-14(9)10)6-16(3-4-16)20-15(13)21/h3-4,6-7,11,13,26H,2,5,8-10,12H2,1H3,(H,27,28);5,7,19H,1-4,6H2,(H,20,21). The second-order valence-electron chi connectivity index (χ2n) is 14.8. The lowest BCUT2D eigenvalue weighted by Crippen LogP contribution is -2.43. The van der Waals surface area contributed by atoms with Gasteiger partial charge in [0.05, 0.1) is 34.8 Å². The van der Waals surface area contributed by atoms with Crippen LogP contribution in [0.15, 0.2) is 48.8 Å². The van der Waals surface area contributed by atoms with Crippen LogP contribution in [0.3, 0.4) is 0 Å². The molecule has 2 amide bonds. The van der Waals surface area contributed by atoms with Gasteiger partial charge in [-0.25, -0.2) is 4.98 Å². The van der Waals surface area contributed by atoms with Gasteiger partial charge in [-0.1, -0.05) is 11.6 Å². The van der Waals surface area contributed by atoms with Gasteiger partial charge >= 0.3 is 0 Å². The number of halogens is 1. The van der Waals surface area contributed by atoms with E-state index in [0.29, 0.717) is 11.8 Å². The van der Waals surface area contributed by atoms with Crippen LogP contribution < -0.4 is 15.4 Å². The molecule has 0 radical (unpaired) electrons. The fraction of sp³-hybridized carbons (Fsp3) is 0.350. The van der Waals surface area contributed by atoms with Crippen molar-refractivity contribution in [3.05, 3.63) is 98.7 Å². The molecular formula is C40H37ClN6O3. The molecule has 6 heterocycles. The van der Waals surface area contributed by atoms with Crippen LogP contribution in [0.2, 0.25) is 5.15 Å². The zero-order chi connectivity index (χ0) is 33.8. The van der Waals surface area contributed by atoms with Gasteiger partial charge in [0.1, 0.15) is 10.9 Å². The van der Waals surface area contributed by atoms with Crippen LogP contribution >= 0.6 is 11.6 Å². The van der Waals surface area contributed by atoms with E-state index in [9.17, 15) is 9.59 Å². The summed E-state index contributed by atoms with van der Waals surface area (Å²) in [5.74, 6) is 1.06. The number of rotatable bonds is 3. The molecule has 9 nitrogen and oxygen atoms in total. The van der Waals surface area contributed by atoms with Gasteiger partial charge in [0.2, 0.25) is 0 Å². The predicted octanol–water partition coefficient (Wildman–Crippen LogP) is 6.71. The second-order valence-corrected chi connectivity index (χ2v) is 15.2. The average Bonchev–Trinajstić information content (AvgIpc) is 3.95. The van der Waals surface area contributed by atoms with Gasteiger partial charge in [0.15, 0.2) is 0 Å². The van der Waals surface area contributed by atoms with Crippen LogP contribution in [0, 0.1) is 0 Å². The molecule has 11 rings (SSSR count). The van der Waals surface area contributed by atoms with Crippen molar-refractivity contribution in [2.24, 2.45) is 0 Å². The first-order valence-corrected chi connectivity index (χ1v) is 18.2. The number of carbonyl (C=O) groups is 2. The van der Waals surface area contributed by atoms with E-state index in [2.05, 4.69) is 31.7 Å². The van der Waals surface area contributed by atoms with Gasteiger partial charge < -0.3 is 25.3 Å². The van der Waals surface area contributed by atoms with E-state index >= 15 is 0 Å². The number of hydrogen-bond donors (Lipinski definition) is 4. The van der Waals surface area contributed by atoms with Crippen molar-refractivity contribution in [3.8, 4) is 39.5 Å². The lowest BCUT2D eigenvalue weighted by molar-refractivity contribution is 0.0908. The Balaban J connectivity index is 0.000000133. The van der Waals surface area contributed by atoms with E-state index < -0.39 is 0 Å². The molecule has 2 aliphatic heterocycles. The summed E-state index contributed by atoms with van der Waals surface area (Å²) in [5.41, 5.74) is 15.3. The van der Waals surface area contributed by atoms with Crippen molar-refractivity contribution in [1.29, 1.82) is 0 Å². The quantitative estimate of drug-likeness (QED) is 0.157. The summed E-state index contributed by atoms with van der Waals surface area (Å²) in [6.07, 6.45) is 13.7. The predicted molar refractivity (Wildman–Crippen MR) is 191 cm³/mol. The first-order chi connectivity index (χ1) is 24.3. The zero-order valence-corrected chi connectivity index (χ0v) is 28.7. The number of fused-ring (bicyclic) bond motifs is 10. The summed E-state index contributed by atoms with van der Waals surface area (Å²) in [6, 6.07) is 12.1. The van der Waals surface area contributed by atoms with Crippen molar-refractivity contribution < 1.29 is 14.3 Å². The van der Waals surface area contributed by atoms with E-state index in [1.54, 1.807) is 0 Å². The molecule has 4 N–H and O–H groups in total. The molecule has 50 heavy (non-hydrogen) atoms. The molecule has 0 unspecified atom stereocenters. The number of aromatic amines is 2. The summed E-state index contributed by atoms with van der Waals surface area (Å²) in [4.78, 5) is 41.3. The molecule has 0 saturated heterocycles. The maximum Gasteiger partial charge on any atom is 0.253 e.